The Morgan fingerprint density at radius 2 is 1.80 bits per heavy atom. The summed E-state index contributed by atoms with van der Waals surface area (Å²) in [6, 6.07) is 7.78. The monoisotopic (exact) mass is 562 g/mol. The summed E-state index contributed by atoms with van der Waals surface area (Å²) in [5, 5.41) is 20.2. The first kappa shape index (κ1) is 30.9. The largest absolute Gasteiger partial charge is 0.497 e. The molecular formula is C31H46O9. The van der Waals surface area contributed by atoms with Crippen molar-refractivity contribution in [1.29, 1.82) is 0 Å². The highest BCUT2D eigenvalue weighted by Crippen LogP contribution is 2.41. The van der Waals surface area contributed by atoms with Gasteiger partial charge in [0.1, 0.15) is 5.75 Å². The summed E-state index contributed by atoms with van der Waals surface area (Å²) in [4.78, 5) is 11.7. The fourth-order valence-electron chi connectivity index (χ4n) is 6.30. The fourth-order valence-corrected chi connectivity index (χ4v) is 6.30. The maximum Gasteiger partial charge on any atom is 0.305 e. The lowest BCUT2D eigenvalue weighted by atomic mass is 9.79. The van der Waals surface area contributed by atoms with E-state index in [0.29, 0.717) is 38.7 Å². The van der Waals surface area contributed by atoms with Crippen LogP contribution in [-0.4, -0.2) is 85.8 Å². The number of hydrogen-bond donors (Lipinski definition) is 2. The number of ether oxygens (including phenoxy) is 6. The Morgan fingerprint density at radius 1 is 1.05 bits per heavy atom. The number of fused-ring (bicyclic) bond motifs is 1. The Hall–Kier alpha value is -2.01. The molecule has 4 rings (SSSR count). The van der Waals surface area contributed by atoms with Gasteiger partial charge in [-0.05, 0) is 48.4 Å². The van der Waals surface area contributed by atoms with Gasteiger partial charge in [0.2, 0.25) is 0 Å². The summed E-state index contributed by atoms with van der Waals surface area (Å²) in [7, 11) is 3.04. The van der Waals surface area contributed by atoms with Gasteiger partial charge in [-0.3, -0.25) is 4.79 Å². The van der Waals surface area contributed by atoms with Gasteiger partial charge < -0.3 is 38.6 Å². The lowest BCUT2D eigenvalue weighted by molar-refractivity contribution is -0.277. The Morgan fingerprint density at radius 3 is 2.48 bits per heavy atom. The summed E-state index contributed by atoms with van der Waals surface area (Å²) >= 11 is 0. The van der Waals surface area contributed by atoms with Crippen molar-refractivity contribution < 1.29 is 43.4 Å². The van der Waals surface area contributed by atoms with Crippen LogP contribution in [0.5, 0.6) is 5.75 Å². The second kappa shape index (κ2) is 14.2. The van der Waals surface area contributed by atoms with Crippen LogP contribution in [0, 0.1) is 11.8 Å². The van der Waals surface area contributed by atoms with Crippen LogP contribution in [0.3, 0.4) is 0 Å². The smallest absolute Gasteiger partial charge is 0.305 e. The molecule has 0 radical (unpaired) electrons. The number of aliphatic hydroxyl groups is 2. The Balaban J connectivity index is 1.50. The Kier molecular flexibility index (Phi) is 11.0. The molecule has 0 saturated carbocycles. The Bertz CT molecular complexity index is 966. The quantitative estimate of drug-likeness (QED) is 0.309. The van der Waals surface area contributed by atoms with Gasteiger partial charge in [-0.25, -0.2) is 0 Å². The molecular weight excluding hydrogens is 516 g/mol. The molecule has 2 unspecified atom stereocenters. The molecule has 0 aromatic heterocycles. The van der Waals surface area contributed by atoms with E-state index in [1.54, 1.807) is 7.11 Å². The molecule has 0 spiro atoms. The molecule has 2 N–H and O–H groups in total. The molecule has 40 heavy (non-hydrogen) atoms. The van der Waals surface area contributed by atoms with Crippen molar-refractivity contribution in [2.45, 2.75) is 108 Å². The highest BCUT2D eigenvalue weighted by molar-refractivity contribution is 5.69. The molecule has 3 fully saturated rings. The number of methoxy groups -OCH3 is 2. The van der Waals surface area contributed by atoms with Crippen LogP contribution < -0.4 is 4.74 Å². The summed E-state index contributed by atoms with van der Waals surface area (Å²) in [6.45, 7) is 8.95. The average Bonchev–Trinajstić information content (AvgIpc) is 2.95. The average molecular weight is 563 g/mol. The van der Waals surface area contributed by atoms with E-state index in [-0.39, 0.29) is 61.0 Å². The number of aliphatic hydroxyl groups excluding tert-OH is 2. The van der Waals surface area contributed by atoms with Crippen LogP contribution in [0.1, 0.15) is 57.9 Å². The van der Waals surface area contributed by atoms with Gasteiger partial charge in [0.05, 0.1) is 69.7 Å². The fraction of sp³-hybridized carbons (Fsp3) is 0.710. The molecule has 3 heterocycles. The normalized spacial score (nSPS) is 36.1. The second-order valence-electron chi connectivity index (χ2n) is 11.5. The van der Waals surface area contributed by atoms with Crippen molar-refractivity contribution in [2.75, 3.05) is 20.8 Å². The lowest BCUT2D eigenvalue weighted by Crippen LogP contribution is -2.61. The number of esters is 1. The summed E-state index contributed by atoms with van der Waals surface area (Å²) in [5.74, 6) is 0.759. The van der Waals surface area contributed by atoms with E-state index in [1.165, 1.54) is 7.11 Å². The van der Waals surface area contributed by atoms with Crippen molar-refractivity contribution in [3.63, 3.8) is 0 Å². The molecule has 0 bridgehead atoms. The molecule has 9 nitrogen and oxygen atoms in total. The summed E-state index contributed by atoms with van der Waals surface area (Å²) in [5.41, 5.74) is 2.03. The SMILES string of the molecule is C=C1C(C[C@@H]2O[C@H]3CC(O)[C@@H](CCO)O[C@H]3[C@H](C)[C@H]2OCc2ccc(OC)cc2)O[C@@H](CCC(=O)OC)C[C@H]1C. The van der Waals surface area contributed by atoms with Crippen LogP contribution in [0.25, 0.3) is 0 Å². The van der Waals surface area contributed by atoms with E-state index < -0.39 is 12.2 Å². The third-order valence-corrected chi connectivity index (χ3v) is 8.73. The number of carbonyl (C=O) groups excluding carboxylic acids is 1. The van der Waals surface area contributed by atoms with Gasteiger partial charge in [0.15, 0.2) is 0 Å². The molecule has 1 aromatic carbocycles. The number of carbonyl (C=O) groups is 1. The van der Waals surface area contributed by atoms with E-state index >= 15 is 0 Å². The Labute approximate surface area is 237 Å². The molecule has 3 aliphatic rings. The highest BCUT2D eigenvalue weighted by atomic mass is 16.6. The number of hydrogen-bond acceptors (Lipinski definition) is 9. The van der Waals surface area contributed by atoms with E-state index in [1.807, 2.05) is 24.3 Å². The van der Waals surface area contributed by atoms with Crippen LogP contribution in [0.15, 0.2) is 36.4 Å². The van der Waals surface area contributed by atoms with Gasteiger partial charge in [-0.15, -0.1) is 0 Å². The van der Waals surface area contributed by atoms with E-state index in [4.69, 9.17) is 28.4 Å². The first-order chi connectivity index (χ1) is 19.2. The third-order valence-electron chi connectivity index (χ3n) is 8.73. The van der Waals surface area contributed by atoms with Crippen LogP contribution in [0.4, 0.5) is 0 Å². The van der Waals surface area contributed by atoms with Crippen molar-refractivity contribution in [2.24, 2.45) is 11.8 Å². The molecule has 1 aromatic rings. The van der Waals surface area contributed by atoms with Crippen LogP contribution in [0.2, 0.25) is 0 Å². The summed E-state index contributed by atoms with van der Waals surface area (Å²) < 4.78 is 36.1. The van der Waals surface area contributed by atoms with Gasteiger partial charge in [0.25, 0.3) is 0 Å². The second-order valence-corrected chi connectivity index (χ2v) is 11.5. The van der Waals surface area contributed by atoms with Gasteiger partial charge in [-0.2, -0.15) is 0 Å². The predicted octanol–water partition coefficient (Wildman–Crippen LogP) is 3.58. The van der Waals surface area contributed by atoms with Crippen molar-refractivity contribution in [3.8, 4) is 5.75 Å². The first-order valence-electron chi connectivity index (χ1n) is 14.5. The standard InChI is InChI=1S/C31H46O9/c1-18-14-23(10-11-29(34)36-5)38-26(19(18)2)16-28-30(37-17-21-6-8-22(35-4)9-7-21)20(3)31-27(39-28)15-24(33)25(40-31)12-13-32/h6-9,18,20,23-28,30-33H,2,10-17H2,1,3-5H3/t18-,20-,23+,24?,25-,26?,27+,28+,30-,31+/m1/s1. The molecule has 0 amide bonds. The van der Waals surface area contributed by atoms with Crippen molar-refractivity contribution in [3.05, 3.63) is 42.0 Å². The third kappa shape index (κ3) is 7.43. The minimum atomic E-state index is -0.707. The molecule has 9 heteroatoms. The first-order valence-corrected chi connectivity index (χ1v) is 14.5. The maximum absolute atomic E-state index is 11.7. The van der Waals surface area contributed by atoms with E-state index in [0.717, 1.165) is 23.3 Å². The van der Waals surface area contributed by atoms with E-state index in [2.05, 4.69) is 20.4 Å². The maximum atomic E-state index is 11.7. The van der Waals surface area contributed by atoms with Gasteiger partial charge in [0, 0.05) is 31.8 Å². The van der Waals surface area contributed by atoms with Crippen LogP contribution >= 0.6 is 0 Å². The van der Waals surface area contributed by atoms with E-state index in [9.17, 15) is 15.0 Å². The topological polar surface area (TPSA) is 113 Å². The molecule has 3 saturated heterocycles. The molecule has 224 valence electrons. The number of benzene rings is 1. The minimum absolute atomic E-state index is 0.0277. The minimum Gasteiger partial charge on any atom is -0.497 e. The molecule has 0 aliphatic carbocycles. The van der Waals surface area contributed by atoms with Crippen molar-refractivity contribution >= 4 is 5.97 Å². The zero-order valence-electron chi connectivity index (χ0n) is 24.2. The van der Waals surface area contributed by atoms with Gasteiger partial charge >= 0.3 is 5.97 Å². The predicted molar refractivity (Wildman–Crippen MR) is 148 cm³/mol. The highest BCUT2D eigenvalue weighted by Gasteiger charge is 2.50. The molecule has 3 aliphatic heterocycles. The summed E-state index contributed by atoms with van der Waals surface area (Å²) in [6.07, 6.45) is 0.443. The number of rotatable bonds is 11. The lowest BCUT2D eigenvalue weighted by Gasteiger charge is -2.51. The zero-order valence-corrected chi connectivity index (χ0v) is 24.2. The van der Waals surface area contributed by atoms with Gasteiger partial charge in [-0.1, -0.05) is 32.6 Å². The van der Waals surface area contributed by atoms with Crippen molar-refractivity contribution in [1.82, 2.24) is 0 Å². The molecule has 10 atom stereocenters. The zero-order chi connectivity index (χ0) is 28.8. The van der Waals surface area contributed by atoms with Crippen LogP contribution in [-0.2, 0) is 35.1 Å².